The molecule has 118 valence electrons. The molecule has 0 saturated heterocycles. The van der Waals surface area contributed by atoms with Crippen LogP contribution in [0, 0.1) is 11.6 Å². The Labute approximate surface area is 132 Å². The lowest BCUT2D eigenvalue weighted by Gasteiger charge is -2.00. The van der Waals surface area contributed by atoms with Crippen molar-refractivity contribution < 1.29 is 13.6 Å². The predicted octanol–water partition coefficient (Wildman–Crippen LogP) is 3.02. The van der Waals surface area contributed by atoms with Crippen molar-refractivity contribution in [2.75, 3.05) is 5.32 Å². The summed E-state index contributed by atoms with van der Waals surface area (Å²) < 4.78 is 26.2. The Hall–Kier alpha value is -3.02. The number of nitrogens with one attached hydrogen (secondary N) is 1. The van der Waals surface area contributed by atoms with E-state index in [1.54, 1.807) is 24.3 Å². The molecule has 0 spiro atoms. The summed E-state index contributed by atoms with van der Waals surface area (Å²) in [5, 5.41) is 2.86. The molecule has 1 amide bonds. The van der Waals surface area contributed by atoms with Gasteiger partial charge in [0.05, 0.1) is 6.42 Å². The van der Waals surface area contributed by atoms with Crippen LogP contribution in [0.2, 0.25) is 0 Å². The lowest BCUT2D eigenvalue weighted by molar-refractivity contribution is -0.117. The van der Waals surface area contributed by atoms with Gasteiger partial charge < -0.3 is 11.1 Å². The summed E-state index contributed by atoms with van der Waals surface area (Å²) in [5.41, 5.74) is 6.53. The number of carbonyl (C=O) groups excluding carboxylic acids is 1. The normalized spacial score (nSPS) is 11.7. The smallest absolute Gasteiger partial charge is 0.252 e. The van der Waals surface area contributed by atoms with Crippen LogP contribution in [0.4, 0.5) is 14.5 Å². The first-order valence-electron chi connectivity index (χ1n) is 6.83. The number of hydrogen-bond acceptors (Lipinski definition) is 2. The van der Waals surface area contributed by atoms with Crippen LogP contribution in [0.15, 0.2) is 65.8 Å². The van der Waals surface area contributed by atoms with Crippen molar-refractivity contribution in [3.63, 3.8) is 0 Å². The molecule has 0 unspecified atom stereocenters. The number of hydrogen-bond donors (Lipinski definition) is 2. The van der Waals surface area contributed by atoms with Gasteiger partial charge in [-0.1, -0.05) is 18.2 Å². The van der Waals surface area contributed by atoms with E-state index < -0.39 is 11.7 Å². The molecule has 2 aromatic rings. The largest absolute Gasteiger partial charge is 0.384 e. The number of anilines is 1. The zero-order valence-electron chi connectivity index (χ0n) is 12.2. The molecule has 0 fully saturated rings. The van der Waals surface area contributed by atoms with Crippen molar-refractivity contribution in [1.82, 2.24) is 0 Å². The lowest BCUT2D eigenvalue weighted by Crippen LogP contribution is -2.13. The van der Waals surface area contributed by atoms with Crippen LogP contribution in [0.5, 0.6) is 0 Å². The molecule has 0 radical (unpaired) electrons. The summed E-state index contributed by atoms with van der Waals surface area (Å²) in [6, 6.07) is 11.7. The van der Waals surface area contributed by atoms with Crippen LogP contribution in [0.3, 0.4) is 0 Å². The zero-order valence-corrected chi connectivity index (χ0v) is 12.2. The van der Waals surface area contributed by atoms with Gasteiger partial charge in [-0.2, -0.15) is 4.99 Å². The van der Waals surface area contributed by atoms with Crippen molar-refractivity contribution in [2.24, 2.45) is 10.7 Å². The minimum Gasteiger partial charge on any atom is -0.384 e. The zero-order chi connectivity index (χ0) is 16.7. The number of nitrogens with two attached hydrogens (primary N) is 1. The van der Waals surface area contributed by atoms with Crippen molar-refractivity contribution >= 4 is 17.4 Å². The molecule has 0 saturated carbocycles. The van der Waals surface area contributed by atoms with Crippen molar-refractivity contribution in [3.8, 4) is 0 Å². The summed E-state index contributed by atoms with van der Waals surface area (Å²) in [7, 11) is 0. The predicted molar refractivity (Wildman–Crippen MR) is 85.9 cm³/mol. The molecule has 4 nitrogen and oxygen atoms in total. The second kappa shape index (κ2) is 7.84. The second-order valence-corrected chi connectivity index (χ2v) is 4.68. The minimum absolute atomic E-state index is 0.0130. The number of rotatable bonds is 5. The van der Waals surface area contributed by atoms with Gasteiger partial charge >= 0.3 is 0 Å². The number of aliphatic imine (C=N–C) groups is 1. The van der Waals surface area contributed by atoms with Gasteiger partial charge in [0.15, 0.2) is 0 Å². The van der Waals surface area contributed by atoms with E-state index >= 15 is 0 Å². The molecule has 6 heteroatoms. The van der Waals surface area contributed by atoms with Crippen LogP contribution in [-0.2, 0) is 11.2 Å². The fourth-order valence-electron chi connectivity index (χ4n) is 1.79. The Bertz CT molecular complexity index is 740. The van der Waals surface area contributed by atoms with Crippen molar-refractivity contribution in [2.45, 2.75) is 6.42 Å². The van der Waals surface area contributed by atoms with Gasteiger partial charge in [0.2, 0.25) is 0 Å². The number of benzene rings is 2. The molecule has 0 bridgehead atoms. The van der Waals surface area contributed by atoms with E-state index in [1.165, 1.54) is 36.5 Å². The first kappa shape index (κ1) is 16.4. The molecule has 0 aliphatic heterocycles. The highest BCUT2D eigenvalue weighted by Gasteiger charge is 2.06. The van der Waals surface area contributed by atoms with E-state index in [0.29, 0.717) is 5.69 Å². The highest BCUT2D eigenvalue weighted by atomic mass is 19.1. The van der Waals surface area contributed by atoms with Gasteiger partial charge in [-0.15, -0.1) is 0 Å². The van der Waals surface area contributed by atoms with Gasteiger partial charge in [0.1, 0.15) is 17.5 Å². The third-order valence-corrected chi connectivity index (χ3v) is 2.90. The van der Waals surface area contributed by atoms with E-state index in [9.17, 15) is 13.6 Å². The highest BCUT2D eigenvalue weighted by molar-refractivity contribution is 6.00. The maximum Gasteiger partial charge on any atom is 0.252 e. The topological polar surface area (TPSA) is 67.5 Å². The third-order valence-electron chi connectivity index (χ3n) is 2.90. The molecule has 0 heterocycles. The van der Waals surface area contributed by atoms with Gasteiger partial charge in [0, 0.05) is 11.9 Å². The second-order valence-electron chi connectivity index (χ2n) is 4.68. The first-order chi connectivity index (χ1) is 11.0. The SMILES string of the molecule is NC(/C=C\Nc1ccc(F)cc1)=NC(=O)Cc1ccccc1F. The number of amidine groups is 1. The maximum absolute atomic E-state index is 13.4. The van der Waals surface area contributed by atoms with E-state index in [1.807, 2.05) is 0 Å². The van der Waals surface area contributed by atoms with E-state index in [4.69, 9.17) is 5.73 Å². The van der Waals surface area contributed by atoms with E-state index in [-0.39, 0.29) is 23.6 Å². The summed E-state index contributed by atoms with van der Waals surface area (Å²) >= 11 is 0. The molecular weight excluding hydrogens is 300 g/mol. The van der Waals surface area contributed by atoms with Crippen molar-refractivity contribution in [1.29, 1.82) is 0 Å². The van der Waals surface area contributed by atoms with Crippen LogP contribution in [-0.4, -0.2) is 11.7 Å². The first-order valence-corrected chi connectivity index (χ1v) is 6.83. The van der Waals surface area contributed by atoms with E-state index in [0.717, 1.165) is 0 Å². The van der Waals surface area contributed by atoms with Crippen LogP contribution in [0.25, 0.3) is 0 Å². The third kappa shape index (κ3) is 5.35. The standard InChI is InChI=1S/C17H15F2N3O/c18-13-5-7-14(8-6-13)21-10-9-16(20)22-17(23)11-12-3-1-2-4-15(12)19/h1-10,21H,11H2,(H2,20,22,23)/b10-9-. The quantitative estimate of drug-likeness (QED) is 0.658. The maximum atomic E-state index is 13.4. The monoisotopic (exact) mass is 315 g/mol. The van der Waals surface area contributed by atoms with Gasteiger partial charge in [-0.25, -0.2) is 8.78 Å². The number of nitrogens with zero attached hydrogens (tertiary/aromatic N) is 1. The summed E-state index contributed by atoms with van der Waals surface area (Å²) in [6.07, 6.45) is 2.71. The molecule has 0 aromatic heterocycles. The summed E-state index contributed by atoms with van der Waals surface area (Å²) in [5.74, 6) is -1.34. The Balaban J connectivity index is 1.91. The Morgan fingerprint density at radius 2 is 1.83 bits per heavy atom. The van der Waals surface area contributed by atoms with E-state index in [2.05, 4.69) is 10.3 Å². The minimum atomic E-state index is -0.543. The lowest BCUT2D eigenvalue weighted by atomic mass is 10.1. The molecule has 0 aliphatic carbocycles. The summed E-state index contributed by atoms with van der Waals surface area (Å²) in [4.78, 5) is 15.4. The fraction of sp³-hybridized carbons (Fsp3) is 0.0588. The van der Waals surface area contributed by atoms with Gasteiger partial charge in [-0.3, -0.25) is 4.79 Å². The van der Waals surface area contributed by atoms with Crippen LogP contribution < -0.4 is 11.1 Å². The Morgan fingerprint density at radius 3 is 2.52 bits per heavy atom. The Morgan fingerprint density at radius 1 is 1.13 bits per heavy atom. The molecule has 0 atom stereocenters. The molecule has 3 N–H and O–H groups in total. The van der Waals surface area contributed by atoms with Gasteiger partial charge in [-0.05, 0) is 42.0 Å². The molecular formula is C17H15F2N3O. The molecule has 23 heavy (non-hydrogen) atoms. The number of amides is 1. The number of carbonyl (C=O) groups is 1. The van der Waals surface area contributed by atoms with Crippen LogP contribution in [0.1, 0.15) is 5.56 Å². The number of halogens is 2. The van der Waals surface area contributed by atoms with Crippen molar-refractivity contribution in [3.05, 3.63) is 78.0 Å². The Kier molecular flexibility index (Phi) is 5.57. The molecule has 2 rings (SSSR count). The average molecular weight is 315 g/mol. The van der Waals surface area contributed by atoms with Gasteiger partial charge in [0.25, 0.3) is 5.91 Å². The fourth-order valence-corrected chi connectivity index (χ4v) is 1.79. The average Bonchev–Trinajstić information content (AvgIpc) is 2.51. The van der Waals surface area contributed by atoms with Crippen LogP contribution >= 0.6 is 0 Å². The highest BCUT2D eigenvalue weighted by Crippen LogP contribution is 2.08. The molecule has 2 aromatic carbocycles. The molecule has 0 aliphatic rings. The summed E-state index contributed by atoms with van der Waals surface area (Å²) in [6.45, 7) is 0.